The fourth-order valence-electron chi connectivity index (χ4n) is 2.27. The second-order valence-electron chi connectivity index (χ2n) is 4.80. The summed E-state index contributed by atoms with van der Waals surface area (Å²) in [4.78, 5) is 0. The fourth-order valence-corrected chi connectivity index (χ4v) is 6.45. The lowest BCUT2D eigenvalue weighted by Crippen LogP contribution is -2.37. The van der Waals surface area contributed by atoms with Gasteiger partial charge in [-0.05, 0) is 38.1 Å². The number of hydrogen-bond donors (Lipinski definition) is 1. The molecule has 0 rings (SSSR count). The highest BCUT2D eigenvalue weighted by atomic mass is 28.4. The van der Waals surface area contributed by atoms with Crippen LogP contribution in [0, 0.1) is 0 Å². The van der Waals surface area contributed by atoms with E-state index in [1.54, 1.807) is 0 Å². The largest absolute Gasteiger partial charge is 0.420 e. The topological polar surface area (TPSA) is 21.3 Å². The van der Waals surface area contributed by atoms with Crippen LogP contribution in [-0.4, -0.2) is 29.0 Å². The first-order valence-corrected chi connectivity index (χ1v) is 9.47. The van der Waals surface area contributed by atoms with Gasteiger partial charge in [0.15, 0.2) is 8.32 Å². The summed E-state index contributed by atoms with van der Waals surface area (Å²) >= 11 is 0. The van der Waals surface area contributed by atoms with Gasteiger partial charge in [0.05, 0.1) is 0 Å². The second kappa shape index (κ2) is 10.3. The first kappa shape index (κ1) is 16.1. The first-order chi connectivity index (χ1) is 7.74. The number of unbranched alkanes of at least 4 members (excludes halogenated alkanes) is 2. The van der Waals surface area contributed by atoms with Crippen molar-refractivity contribution in [3.63, 3.8) is 0 Å². The predicted octanol–water partition coefficient (Wildman–Crippen LogP) is 3.79. The molecule has 16 heavy (non-hydrogen) atoms. The van der Waals surface area contributed by atoms with Crippen LogP contribution in [0.25, 0.3) is 0 Å². The zero-order valence-electron chi connectivity index (χ0n) is 11.8. The molecule has 3 heteroatoms. The van der Waals surface area contributed by atoms with Gasteiger partial charge < -0.3 is 9.74 Å². The Kier molecular flexibility index (Phi) is 10.4. The summed E-state index contributed by atoms with van der Waals surface area (Å²) < 4.78 is 6.00. The number of hydrogen-bond acceptors (Lipinski definition) is 2. The van der Waals surface area contributed by atoms with Gasteiger partial charge in [-0.1, -0.05) is 39.5 Å². The molecule has 98 valence electrons. The minimum atomic E-state index is -1.39. The van der Waals surface area contributed by atoms with Crippen molar-refractivity contribution in [3.8, 4) is 0 Å². The van der Waals surface area contributed by atoms with Crippen LogP contribution in [0.5, 0.6) is 0 Å². The fraction of sp³-hybridized carbons (Fsp3) is 1.00. The molecule has 0 atom stereocenters. The first-order valence-electron chi connectivity index (χ1n) is 6.94. The van der Waals surface area contributed by atoms with Crippen molar-refractivity contribution in [3.05, 3.63) is 0 Å². The standard InChI is InChI=1S/C13H31NOSi/c1-5-7-11-16(15-4,12-8-6-2)13-9-10-14-3/h14H,5-13H2,1-4H3. The number of nitrogens with one attached hydrogen (secondary N) is 1. The molecule has 0 aliphatic rings. The van der Waals surface area contributed by atoms with Crippen LogP contribution in [0.4, 0.5) is 0 Å². The summed E-state index contributed by atoms with van der Waals surface area (Å²) in [6, 6.07) is 4.07. The minimum absolute atomic E-state index is 1.14. The van der Waals surface area contributed by atoms with Crippen molar-refractivity contribution < 1.29 is 4.43 Å². The van der Waals surface area contributed by atoms with Crippen LogP contribution in [0.2, 0.25) is 18.1 Å². The lowest BCUT2D eigenvalue weighted by Gasteiger charge is -2.30. The molecule has 0 aliphatic carbocycles. The van der Waals surface area contributed by atoms with Gasteiger partial charge in [-0.15, -0.1) is 0 Å². The smallest absolute Gasteiger partial charge is 0.192 e. The molecular weight excluding hydrogens is 214 g/mol. The average molecular weight is 245 g/mol. The van der Waals surface area contributed by atoms with E-state index in [-0.39, 0.29) is 0 Å². The SMILES string of the molecule is CCCC[Si](CCCC)(CCCNC)OC. The van der Waals surface area contributed by atoms with Gasteiger partial charge in [-0.3, -0.25) is 0 Å². The van der Waals surface area contributed by atoms with Crippen LogP contribution in [-0.2, 0) is 4.43 Å². The van der Waals surface area contributed by atoms with E-state index in [1.807, 2.05) is 14.2 Å². The molecule has 1 N–H and O–H groups in total. The van der Waals surface area contributed by atoms with E-state index >= 15 is 0 Å². The van der Waals surface area contributed by atoms with Gasteiger partial charge in [-0.2, -0.15) is 0 Å². The average Bonchev–Trinajstić information content (AvgIpc) is 2.32. The molecular formula is C13H31NOSi. The Hall–Kier alpha value is 0.137. The Morgan fingerprint density at radius 3 is 1.81 bits per heavy atom. The molecule has 0 aromatic carbocycles. The van der Waals surface area contributed by atoms with E-state index < -0.39 is 8.32 Å². The molecule has 0 saturated carbocycles. The minimum Gasteiger partial charge on any atom is -0.420 e. The van der Waals surface area contributed by atoms with E-state index in [0.717, 1.165) is 6.54 Å². The van der Waals surface area contributed by atoms with E-state index in [9.17, 15) is 0 Å². The lowest BCUT2D eigenvalue weighted by atomic mass is 10.4. The van der Waals surface area contributed by atoms with E-state index in [4.69, 9.17) is 4.43 Å². The van der Waals surface area contributed by atoms with Crippen LogP contribution >= 0.6 is 0 Å². The van der Waals surface area contributed by atoms with E-state index in [2.05, 4.69) is 19.2 Å². The van der Waals surface area contributed by atoms with Gasteiger partial charge in [-0.25, -0.2) is 0 Å². The predicted molar refractivity (Wildman–Crippen MR) is 75.5 cm³/mol. The summed E-state index contributed by atoms with van der Waals surface area (Å²) in [5, 5.41) is 3.24. The van der Waals surface area contributed by atoms with Gasteiger partial charge in [0, 0.05) is 7.11 Å². The maximum atomic E-state index is 6.00. The zero-order valence-corrected chi connectivity index (χ0v) is 12.8. The molecule has 0 amide bonds. The Morgan fingerprint density at radius 2 is 1.44 bits per heavy atom. The molecule has 0 bridgehead atoms. The zero-order chi connectivity index (χ0) is 12.3. The summed E-state index contributed by atoms with van der Waals surface area (Å²) in [5.41, 5.74) is 0. The normalized spacial score (nSPS) is 12.0. The van der Waals surface area contributed by atoms with Crippen LogP contribution < -0.4 is 5.32 Å². The third-order valence-electron chi connectivity index (χ3n) is 3.46. The molecule has 0 heterocycles. The van der Waals surface area contributed by atoms with Crippen molar-refractivity contribution in [2.24, 2.45) is 0 Å². The van der Waals surface area contributed by atoms with E-state index in [1.165, 1.54) is 50.2 Å². The third kappa shape index (κ3) is 6.66. The molecule has 0 radical (unpaired) electrons. The van der Waals surface area contributed by atoms with Crippen molar-refractivity contribution in [1.29, 1.82) is 0 Å². The maximum Gasteiger partial charge on any atom is 0.192 e. The lowest BCUT2D eigenvalue weighted by molar-refractivity contribution is 0.382. The highest BCUT2D eigenvalue weighted by Gasteiger charge is 2.31. The highest BCUT2D eigenvalue weighted by molar-refractivity contribution is 6.73. The monoisotopic (exact) mass is 245 g/mol. The quantitative estimate of drug-likeness (QED) is 0.442. The van der Waals surface area contributed by atoms with Crippen LogP contribution in [0.15, 0.2) is 0 Å². The second-order valence-corrected chi connectivity index (χ2v) is 9.08. The molecule has 0 saturated heterocycles. The Balaban J connectivity index is 4.16. The molecule has 0 spiro atoms. The van der Waals surface area contributed by atoms with Crippen molar-refractivity contribution in [2.75, 3.05) is 20.7 Å². The highest BCUT2D eigenvalue weighted by Crippen LogP contribution is 2.27. The van der Waals surface area contributed by atoms with Crippen LogP contribution in [0.1, 0.15) is 46.0 Å². The van der Waals surface area contributed by atoms with Gasteiger partial charge in [0.1, 0.15) is 0 Å². The Bertz CT molecular complexity index is 145. The number of rotatable bonds is 11. The Labute approximate surface area is 103 Å². The van der Waals surface area contributed by atoms with Crippen molar-refractivity contribution in [2.45, 2.75) is 64.1 Å². The summed E-state index contributed by atoms with van der Waals surface area (Å²) in [6.45, 7) is 5.70. The molecule has 0 aromatic heterocycles. The molecule has 0 fully saturated rings. The summed E-state index contributed by atoms with van der Waals surface area (Å²) in [5.74, 6) is 0. The van der Waals surface area contributed by atoms with Gasteiger partial charge in [0.25, 0.3) is 0 Å². The van der Waals surface area contributed by atoms with E-state index in [0.29, 0.717) is 0 Å². The molecule has 0 unspecified atom stereocenters. The van der Waals surface area contributed by atoms with Crippen molar-refractivity contribution >= 4 is 8.32 Å². The molecule has 0 aliphatic heterocycles. The maximum absolute atomic E-state index is 6.00. The molecule has 0 aromatic rings. The molecule has 2 nitrogen and oxygen atoms in total. The summed E-state index contributed by atoms with van der Waals surface area (Å²) in [7, 11) is 2.60. The Morgan fingerprint density at radius 1 is 0.938 bits per heavy atom. The summed E-state index contributed by atoms with van der Waals surface area (Å²) in [6.07, 6.45) is 6.59. The van der Waals surface area contributed by atoms with Crippen LogP contribution in [0.3, 0.4) is 0 Å². The van der Waals surface area contributed by atoms with Gasteiger partial charge in [0.2, 0.25) is 0 Å². The van der Waals surface area contributed by atoms with Gasteiger partial charge >= 0.3 is 0 Å². The third-order valence-corrected chi connectivity index (χ3v) is 8.12. The van der Waals surface area contributed by atoms with Crippen molar-refractivity contribution in [1.82, 2.24) is 5.32 Å².